The van der Waals surface area contributed by atoms with Crippen LogP contribution in [-0.2, 0) is 4.79 Å². The normalized spacial score (nSPS) is 16.0. The minimum absolute atomic E-state index is 0.0260. The number of benzene rings is 2. The number of anilines is 2. The highest BCUT2D eigenvalue weighted by Crippen LogP contribution is 2.32. The van der Waals surface area contributed by atoms with Crippen LogP contribution in [0.3, 0.4) is 0 Å². The fourth-order valence-electron chi connectivity index (χ4n) is 3.26. The minimum Gasteiger partial charge on any atom is -0.494 e. The molecule has 3 aromatic rings. The number of halogens is 1. The van der Waals surface area contributed by atoms with Crippen LogP contribution in [0.1, 0.15) is 35.5 Å². The Morgan fingerprint density at radius 1 is 1.27 bits per heavy atom. The Morgan fingerprint density at radius 2 is 2.07 bits per heavy atom. The van der Waals surface area contributed by atoms with E-state index < -0.39 is 5.91 Å². The summed E-state index contributed by atoms with van der Waals surface area (Å²) in [6.07, 6.45) is 0.247. The molecule has 1 unspecified atom stereocenters. The van der Waals surface area contributed by atoms with Gasteiger partial charge < -0.3 is 14.1 Å². The molecule has 2 aromatic carbocycles. The maximum absolute atomic E-state index is 12.5. The number of amides is 2. The predicted octanol–water partition coefficient (Wildman–Crippen LogP) is 3.89. The van der Waals surface area contributed by atoms with Crippen molar-refractivity contribution >= 4 is 35.1 Å². The fraction of sp³-hybridized carbons (Fsp3) is 0.238. The van der Waals surface area contributed by atoms with Crippen LogP contribution in [0, 0.1) is 0 Å². The highest BCUT2D eigenvalue weighted by Gasteiger charge is 2.35. The summed E-state index contributed by atoms with van der Waals surface area (Å²) < 4.78 is 11.0. The standard InChI is InChI=1S/C21H19ClN4O4/c1-2-29-17-8-6-16(7-9-17)26-12-14(11-18(26)27)20-24-25-21(30-20)23-19(28)13-4-3-5-15(22)10-13/h3-10,14H,2,11-12H2,1H3,(H,23,25,28). The number of ether oxygens (including phenoxy) is 1. The van der Waals surface area contributed by atoms with Crippen LogP contribution in [0.4, 0.5) is 11.7 Å². The lowest BCUT2D eigenvalue weighted by Crippen LogP contribution is -2.24. The Morgan fingerprint density at radius 3 is 2.80 bits per heavy atom. The second kappa shape index (κ2) is 8.54. The highest BCUT2D eigenvalue weighted by molar-refractivity contribution is 6.31. The van der Waals surface area contributed by atoms with Crippen LogP contribution in [-0.4, -0.2) is 35.2 Å². The zero-order valence-electron chi connectivity index (χ0n) is 16.2. The minimum atomic E-state index is -0.411. The summed E-state index contributed by atoms with van der Waals surface area (Å²) in [5, 5.41) is 10.9. The Labute approximate surface area is 177 Å². The van der Waals surface area contributed by atoms with Gasteiger partial charge in [-0.2, -0.15) is 0 Å². The van der Waals surface area contributed by atoms with E-state index in [1.54, 1.807) is 29.2 Å². The van der Waals surface area contributed by atoms with E-state index >= 15 is 0 Å². The number of hydrogen-bond acceptors (Lipinski definition) is 6. The average Bonchev–Trinajstić information content (AvgIpc) is 3.35. The van der Waals surface area contributed by atoms with Crippen molar-refractivity contribution in [2.24, 2.45) is 0 Å². The molecule has 1 N–H and O–H groups in total. The first-order valence-electron chi connectivity index (χ1n) is 9.47. The molecule has 1 aliphatic rings. The van der Waals surface area contributed by atoms with Crippen molar-refractivity contribution in [1.82, 2.24) is 10.2 Å². The van der Waals surface area contributed by atoms with Crippen LogP contribution in [0.25, 0.3) is 0 Å². The number of carbonyl (C=O) groups excluding carboxylic acids is 2. The summed E-state index contributed by atoms with van der Waals surface area (Å²) >= 11 is 5.91. The van der Waals surface area contributed by atoms with Gasteiger partial charge in [-0.05, 0) is 49.4 Å². The van der Waals surface area contributed by atoms with Crippen LogP contribution in [0.15, 0.2) is 52.9 Å². The van der Waals surface area contributed by atoms with E-state index in [0.717, 1.165) is 11.4 Å². The molecule has 1 fully saturated rings. The topological polar surface area (TPSA) is 97.6 Å². The quantitative estimate of drug-likeness (QED) is 0.642. The number of aromatic nitrogens is 2. The van der Waals surface area contributed by atoms with Crippen molar-refractivity contribution in [3.8, 4) is 5.75 Å². The average molecular weight is 427 g/mol. The van der Waals surface area contributed by atoms with Crippen LogP contribution >= 0.6 is 11.6 Å². The molecule has 1 aromatic heterocycles. The molecular weight excluding hydrogens is 408 g/mol. The molecular formula is C21H19ClN4O4. The Hall–Kier alpha value is -3.39. The van der Waals surface area contributed by atoms with Gasteiger partial charge >= 0.3 is 6.01 Å². The van der Waals surface area contributed by atoms with Crippen molar-refractivity contribution in [2.45, 2.75) is 19.3 Å². The second-order valence-electron chi connectivity index (χ2n) is 6.74. The van der Waals surface area contributed by atoms with Crippen molar-refractivity contribution < 1.29 is 18.7 Å². The first-order chi connectivity index (χ1) is 14.5. The third kappa shape index (κ3) is 4.28. The third-order valence-corrected chi connectivity index (χ3v) is 4.92. The molecule has 1 aliphatic heterocycles. The molecule has 0 saturated carbocycles. The zero-order valence-corrected chi connectivity index (χ0v) is 16.9. The summed E-state index contributed by atoms with van der Waals surface area (Å²) in [5.41, 5.74) is 1.15. The molecule has 2 heterocycles. The van der Waals surface area contributed by atoms with E-state index in [9.17, 15) is 9.59 Å². The van der Waals surface area contributed by atoms with Crippen LogP contribution in [0.5, 0.6) is 5.75 Å². The lowest BCUT2D eigenvalue weighted by molar-refractivity contribution is -0.117. The van der Waals surface area contributed by atoms with E-state index in [1.165, 1.54) is 0 Å². The van der Waals surface area contributed by atoms with E-state index in [0.29, 0.717) is 29.6 Å². The molecule has 154 valence electrons. The molecule has 4 rings (SSSR count). The van der Waals surface area contributed by atoms with Gasteiger partial charge in [0.2, 0.25) is 11.8 Å². The van der Waals surface area contributed by atoms with E-state index in [-0.39, 0.29) is 24.3 Å². The van der Waals surface area contributed by atoms with Gasteiger partial charge in [-0.1, -0.05) is 22.8 Å². The third-order valence-electron chi connectivity index (χ3n) is 4.68. The maximum Gasteiger partial charge on any atom is 0.322 e. The molecule has 1 saturated heterocycles. The van der Waals surface area contributed by atoms with Gasteiger partial charge in [0.15, 0.2) is 0 Å². The van der Waals surface area contributed by atoms with Gasteiger partial charge in [0, 0.05) is 29.2 Å². The van der Waals surface area contributed by atoms with Crippen LogP contribution in [0.2, 0.25) is 5.02 Å². The number of nitrogens with zero attached hydrogens (tertiary/aromatic N) is 3. The zero-order chi connectivity index (χ0) is 21.1. The molecule has 8 nitrogen and oxygen atoms in total. The predicted molar refractivity (Wildman–Crippen MR) is 111 cm³/mol. The Balaban J connectivity index is 1.42. The monoisotopic (exact) mass is 426 g/mol. The van der Waals surface area contributed by atoms with Crippen LogP contribution < -0.4 is 15.0 Å². The largest absolute Gasteiger partial charge is 0.494 e. The Bertz CT molecular complexity index is 1070. The summed E-state index contributed by atoms with van der Waals surface area (Å²) in [4.78, 5) is 26.5. The molecule has 0 bridgehead atoms. The summed E-state index contributed by atoms with van der Waals surface area (Å²) in [6, 6.07) is 13.8. The lowest BCUT2D eigenvalue weighted by Gasteiger charge is -2.16. The number of nitrogens with one attached hydrogen (secondary N) is 1. The fourth-order valence-corrected chi connectivity index (χ4v) is 3.45. The van der Waals surface area contributed by atoms with Crippen molar-refractivity contribution in [2.75, 3.05) is 23.4 Å². The summed E-state index contributed by atoms with van der Waals surface area (Å²) in [5.74, 6) is 0.353. The molecule has 0 aliphatic carbocycles. The SMILES string of the molecule is CCOc1ccc(N2CC(c3nnc(NC(=O)c4cccc(Cl)c4)o3)CC2=O)cc1. The van der Waals surface area contributed by atoms with E-state index in [2.05, 4.69) is 15.5 Å². The molecule has 0 spiro atoms. The Kier molecular flexibility index (Phi) is 5.67. The van der Waals surface area contributed by atoms with Gasteiger partial charge in [0.25, 0.3) is 5.91 Å². The maximum atomic E-state index is 12.5. The van der Waals surface area contributed by atoms with Gasteiger partial charge in [-0.3, -0.25) is 14.9 Å². The number of carbonyl (C=O) groups is 2. The smallest absolute Gasteiger partial charge is 0.322 e. The van der Waals surface area contributed by atoms with E-state index in [1.807, 2.05) is 31.2 Å². The molecule has 9 heteroatoms. The van der Waals surface area contributed by atoms with Crippen molar-refractivity contribution in [1.29, 1.82) is 0 Å². The van der Waals surface area contributed by atoms with Gasteiger partial charge in [-0.25, -0.2) is 0 Å². The van der Waals surface area contributed by atoms with Gasteiger partial charge in [0.1, 0.15) is 5.75 Å². The van der Waals surface area contributed by atoms with Crippen molar-refractivity contribution in [3.05, 3.63) is 65.0 Å². The summed E-state index contributed by atoms with van der Waals surface area (Å²) in [6.45, 7) is 2.91. The molecule has 0 radical (unpaired) electrons. The van der Waals surface area contributed by atoms with Gasteiger partial charge in [-0.15, -0.1) is 5.10 Å². The first kappa shape index (κ1) is 19.9. The second-order valence-corrected chi connectivity index (χ2v) is 7.18. The number of hydrogen-bond donors (Lipinski definition) is 1. The first-order valence-corrected chi connectivity index (χ1v) is 9.85. The van der Waals surface area contributed by atoms with Gasteiger partial charge in [0.05, 0.1) is 12.5 Å². The number of rotatable bonds is 6. The summed E-state index contributed by atoms with van der Waals surface area (Å²) in [7, 11) is 0. The molecule has 1 atom stereocenters. The highest BCUT2D eigenvalue weighted by atomic mass is 35.5. The van der Waals surface area contributed by atoms with Crippen molar-refractivity contribution in [3.63, 3.8) is 0 Å². The molecule has 30 heavy (non-hydrogen) atoms. The molecule has 2 amide bonds. The van der Waals surface area contributed by atoms with E-state index in [4.69, 9.17) is 20.8 Å². The lowest BCUT2D eigenvalue weighted by atomic mass is 10.1.